The third-order valence-corrected chi connectivity index (χ3v) is 6.81. The van der Waals surface area contributed by atoms with Gasteiger partial charge in [0, 0.05) is 19.5 Å². The lowest BCUT2D eigenvalue weighted by molar-refractivity contribution is -0.139. The minimum Gasteiger partial charge on any atom is -0.374 e. The maximum Gasteiger partial charge on any atom is 0.228 e. The molecule has 4 atom stereocenters. The molecular formula is C24H38N4O2. The normalized spacial score (nSPS) is 23.7. The molecule has 2 aliphatic rings. The molecule has 0 bridgehead atoms. The van der Waals surface area contributed by atoms with E-state index in [0.29, 0.717) is 0 Å². The lowest BCUT2D eigenvalue weighted by Crippen LogP contribution is -2.39. The zero-order chi connectivity index (χ0) is 21.5. The SMILES string of the molecule is CCN(CC)C(=O)[C@H](C)[C@H]1CC[C@@H](C[C@@H](C)n2cc(C#CCC3CCCC3)nn2)O1. The molecule has 0 unspecified atom stereocenters. The van der Waals surface area contributed by atoms with Crippen molar-refractivity contribution in [3.63, 3.8) is 0 Å². The minimum atomic E-state index is -0.0849. The van der Waals surface area contributed by atoms with Crippen molar-refractivity contribution in [2.75, 3.05) is 13.1 Å². The van der Waals surface area contributed by atoms with Crippen molar-refractivity contribution in [2.24, 2.45) is 11.8 Å². The predicted molar refractivity (Wildman–Crippen MR) is 118 cm³/mol. The molecule has 166 valence electrons. The van der Waals surface area contributed by atoms with E-state index in [9.17, 15) is 4.79 Å². The third-order valence-electron chi connectivity index (χ3n) is 6.81. The van der Waals surface area contributed by atoms with Crippen LogP contribution in [-0.4, -0.2) is 51.1 Å². The predicted octanol–water partition coefficient (Wildman–Crippen LogP) is 4.21. The molecular weight excluding hydrogens is 376 g/mol. The number of carbonyl (C=O) groups is 1. The van der Waals surface area contributed by atoms with E-state index in [0.717, 1.165) is 50.4 Å². The monoisotopic (exact) mass is 414 g/mol. The first kappa shape index (κ1) is 22.8. The van der Waals surface area contributed by atoms with E-state index in [2.05, 4.69) is 29.1 Å². The second-order valence-electron chi connectivity index (χ2n) is 9.00. The van der Waals surface area contributed by atoms with Gasteiger partial charge >= 0.3 is 0 Å². The van der Waals surface area contributed by atoms with Gasteiger partial charge in [0.1, 0.15) is 0 Å². The number of carbonyl (C=O) groups excluding carboxylic acids is 1. The highest BCUT2D eigenvalue weighted by Gasteiger charge is 2.35. The number of hydrogen-bond donors (Lipinski definition) is 0. The van der Waals surface area contributed by atoms with Gasteiger partial charge in [0.25, 0.3) is 0 Å². The van der Waals surface area contributed by atoms with Gasteiger partial charge in [-0.05, 0) is 64.7 Å². The van der Waals surface area contributed by atoms with Crippen LogP contribution < -0.4 is 0 Å². The molecule has 2 heterocycles. The minimum absolute atomic E-state index is 0.0167. The molecule has 0 radical (unpaired) electrons. The van der Waals surface area contributed by atoms with Crippen LogP contribution in [0.5, 0.6) is 0 Å². The van der Waals surface area contributed by atoms with Crippen molar-refractivity contribution < 1.29 is 9.53 Å². The zero-order valence-electron chi connectivity index (χ0n) is 19.1. The Morgan fingerprint density at radius 3 is 2.67 bits per heavy atom. The number of amides is 1. The van der Waals surface area contributed by atoms with Gasteiger partial charge in [0.15, 0.2) is 5.69 Å². The summed E-state index contributed by atoms with van der Waals surface area (Å²) in [4.78, 5) is 14.5. The fourth-order valence-corrected chi connectivity index (χ4v) is 4.80. The van der Waals surface area contributed by atoms with Gasteiger partial charge < -0.3 is 9.64 Å². The largest absolute Gasteiger partial charge is 0.374 e. The van der Waals surface area contributed by atoms with Crippen molar-refractivity contribution in [2.45, 2.75) is 97.3 Å². The van der Waals surface area contributed by atoms with Gasteiger partial charge in [-0.3, -0.25) is 4.79 Å². The van der Waals surface area contributed by atoms with Gasteiger partial charge in [0.2, 0.25) is 5.91 Å². The quantitative estimate of drug-likeness (QED) is 0.598. The lowest BCUT2D eigenvalue weighted by atomic mass is 9.99. The van der Waals surface area contributed by atoms with Crippen LogP contribution in [0.4, 0.5) is 0 Å². The Labute approximate surface area is 181 Å². The summed E-state index contributed by atoms with van der Waals surface area (Å²) in [6.45, 7) is 9.71. The summed E-state index contributed by atoms with van der Waals surface area (Å²) in [6, 6.07) is 0.195. The molecule has 0 spiro atoms. The smallest absolute Gasteiger partial charge is 0.228 e. The molecule has 1 aliphatic carbocycles. The molecule has 1 aromatic rings. The van der Waals surface area contributed by atoms with Crippen LogP contribution in [0.3, 0.4) is 0 Å². The highest BCUT2D eigenvalue weighted by atomic mass is 16.5. The third kappa shape index (κ3) is 5.85. The first-order valence-electron chi connectivity index (χ1n) is 11.9. The Morgan fingerprint density at radius 2 is 1.97 bits per heavy atom. The van der Waals surface area contributed by atoms with E-state index in [1.165, 1.54) is 25.7 Å². The van der Waals surface area contributed by atoms with Crippen LogP contribution in [-0.2, 0) is 9.53 Å². The maximum absolute atomic E-state index is 12.6. The molecule has 1 amide bonds. The highest BCUT2D eigenvalue weighted by Crippen LogP contribution is 2.31. The Hall–Kier alpha value is -1.87. The summed E-state index contributed by atoms with van der Waals surface area (Å²) in [5.74, 6) is 7.36. The molecule has 0 aromatic carbocycles. The van der Waals surface area contributed by atoms with Crippen molar-refractivity contribution in [3.8, 4) is 11.8 Å². The van der Waals surface area contributed by atoms with E-state index in [-0.39, 0.29) is 30.1 Å². The molecule has 30 heavy (non-hydrogen) atoms. The summed E-state index contributed by atoms with van der Waals surface area (Å²) in [7, 11) is 0. The molecule has 1 saturated carbocycles. The Bertz CT molecular complexity index is 740. The van der Waals surface area contributed by atoms with Crippen LogP contribution in [0.1, 0.15) is 90.8 Å². The van der Waals surface area contributed by atoms with Gasteiger partial charge in [-0.2, -0.15) is 0 Å². The zero-order valence-corrected chi connectivity index (χ0v) is 19.1. The fraction of sp³-hybridized carbons (Fsp3) is 0.792. The van der Waals surface area contributed by atoms with Gasteiger partial charge in [-0.1, -0.05) is 30.9 Å². The summed E-state index contributed by atoms with van der Waals surface area (Å²) < 4.78 is 8.17. The average molecular weight is 415 g/mol. The van der Waals surface area contributed by atoms with E-state index < -0.39 is 0 Å². The summed E-state index contributed by atoms with van der Waals surface area (Å²) in [5.41, 5.74) is 0.753. The molecule has 1 aliphatic heterocycles. The van der Waals surface area contributed by atoms with Crippen molar-refractivity contribution in [1.82, 2.24) is 19.9 Å². The second kappa shape index (κ2) is 10.9. The first-order chi connectivity index (χ1) is 14.5. The number of rotatable bonds is 8. The van der Waals surface area contributed by atoms with Crippen molar-refractivity contribution >= 4 is 5.91 Å². The fourth-order valence-electron chi connectivity index (χ4n) is 4.80. The second-order valence-corrected chi connectivity index (χ2v) is 9.00. The summed E-state index contributed by atoms with van der Waals surface area (Å²) in [5, 5.41) is 8.51. The Morgan fingerprint density at radius 1 is 1.23 bits per heavy atom. The molecule has 3 rings (SSSR count). The van der Waals surface area contributed by atoms with Crippen LogP contribution in [0, 0.1) is 23.7 Å². The molecule has 6 heteroatoms. The first-order valence-corrected chi connectivity index (χ1v) is 11.9. The van der Waals surface area contributed by atoms with Gasteiger partial charge in [-0.25, -0.2) is 4.68 Å². The molecule has 2 fully saturated rings. The average Bonchev–Trinajstić information content (AvgIpc) is 3.50. The number of aromatic nitrogens is 3. The number of hydrogen-bond acceptors (Lipinski definition) is 4. The Balaban J connectivity index is 1.47. The topological polar surface area (TPSA) is 60.2 Å². The Kier molecular flexibility index (Phi) is 8.32. The van der Waals surface area contributed by atoms with E-state index in [4.69, 9.17) is 4.74 Å². The molecule has 1 saturated heterocycles. The van der Waals surface area contributed by atoms with Crippen molar-refractivity contribution in [1.29, 1.82) is 0 Å². The lowest BCUT2D eigenvalue weighted by Gasteiger charge is -2.26. The van der Waals surface area contributed by atoms with Crippen LogP contribution in [0.15, 0.2) is 6.20 Å². The van der Waals surface area contributed by atoms with E-state index >= 15 is 0 Å². The van der Waals surface area contributed by atoms with Crippen LogP contribution in [0.2, 0.25) is 0 Å². The highest BCUT2D eigenvalue weighted by molar-refractivity contribution is 5.79. The summed E-state index contributed by atoms with van der Waals surface area (Å²) in [6.07, 6.45) is 11.3. The van der Waals surface area contributed by atoms with Gasteiger partial charge in [0.05, 0.1) is 30.4 Å². The number of nitrogens with zero attached hydrogens (tertiary/aromatic N) is 4. The standard InChI is InChI=1S/C24H38N4O2/c1-5-27(6-2)24(29)19(4)23-15-14-22(30-23)16-18(3)28-17-21(25-26-28)13-9-12-20-10-7-8-11-20/h17-20,22-23H,5-8,10-12,14-16H2,1-4H3/t18-,19-,22+,23-/m1/s1. The molecule has 0 N–H and O–H groups in total. The van der Waals surface area contributed by atoms with Crippen LogP contribution >= 0.6 is 0 Å². The van der Waals surface area contributed by atoms with Gasteiger partial charge in [-0.15, -0.1) is 5.10 Å². The van der Waals surface area contributed by atoms with Crippen molar-refractivity contribution in [3.05, 3.63) is 11.9 Å². The molecule has 6 nitrogen and oxygen atoms in total. The van der Waals surface area contributed by atoms with Crippen LogP contribution in [0.25, 0.3) is 0 Å². The number of ether oxygens (including phenoxy) is 1. The molecule has 1 aromatic heterocycles. The summed E-state index contributed by atoms with van der Waals surface area (Å²) >= 11 is 0. The van der Waals surface area contributed by atoms with E-state index in [1.54, 1.807) is 0 Å². The maximum atomic E-state index is 12.6. The van der Waals surface area contributed by atoms with E-state index in [1.807, 2.05) is 36.5 Å².